The second-order valence-corrected chi connectivity index (χ2v) is 12.2. The van der Waals surface area contributed by atoms with Crippen LogP contribution in [-0.4, -0.2) is 58.0 Å². The first-order valence-electron chi connectivity index (χ1n) is 11.8. The number of hydrogen-bond acceptors (Lipinski definition) is 6. The maximum Gasteiger partial charge on any atom is 0.352 e. The number of aliphatic hydroxyl groups is 1. The van der Waals surface area contributed by atoms with Crippen LogP contribution < -0.4 is 4.74 Å². The molecule has 1 aliphatic carbocycles. The Morgan fingerprint density at radius 2 is 1.85 bits per heavy atom. The summed E-state index contributed by atoms with van der Waals surface area (Å²) < 4.78 is 47.3. The molecule has 0 aromatic heterocycles. The molecular weight excluding hydrogens is 462 g/mol. The number of hydrogen-bond donors (Lipinski definition) is 1. The van der Waals surface area contributed by atoms with Crippen LogP contribution in [0.2, 0.25) is 0 Å². The van der Waals surface area contributed by atoms with Gasteiger partial charge in [0, 0.05) is 18.5 Å². The number of rotatable bonds is 6. The van der Waals surface area contributed by atoms with Gasteiger partial charge < -0.3 is 19.5 Å². The average Bonchev–Trinajstić information content (AvgIpc) is 3.39. The van der Waals surface area contributed by atoms with Gasteiger partial charge in [-0.15, -0.1) is 0 Å². The van der Waals surface area contributed by atoms with Crippen molar-refractivity contribution in [3.63, 3.8) is 0 Å². The predicted molar refractivity (Wildman–Crippen MR) is 128 cm³/mol. The molecule has 188 valence electrons. The van der Waals surface area contributed by atoms with Crippen LogP contribution in [0.5, 0.6) is 5.75 Å². The Kier molecular flexibility index (Phi) is 6.66. The number of benzene rings is 1. The van der Waals surface area contributed by atoms with Crippen LogP contribution in [0.1, 0.15) is 59.8 Å². The number of halogens is 2. The number of carbonyl (C=O) groups excluding carboxylic acids is 1. The van der Waals surface area contributed by atoms with E-state index in [-0.39, 0.29) is 26.0 Å². The van der Waals surface area contributed by atoms with Crippen LogP contribution in [0.25, 0.3) is 0 Å². The standard InChI is InChI=1S/C25H34F2N2O4S/c1-22(2)14-23(3,4)16-24(31,15-22)25(26,27)21(30)29-12-8-11-18(29)20-33-19(28-34-20)13-32-17-9-6-5-7-10-17/h5-7,9-10,18,20,31H,8,11-16H2,1-4H3/t18-,20?/m0/s1. The molecule has 1 saturated heterocycles. The van der Waals surface area contributed by atoms with Gasteiger partial charge in [0.15, 0.2) is 12.0 Å². The fourth-order valence-electron chi connectivity index (χ4n) is 6.15. The average molecular weight is 497 g/mol. The maximum absolute atomic E-state index is 15.7. The highest BCUT2D eigenvalue weighted by Crippen LogP contribution is 2.55. The lowest BCUT2D eigenvalue weighted by Gasteiger charge is -2.52. The van der Waals surface area contributed by atoms with Gasteiger partial charge >= 0.3 is 5.92 Å². The van der Waals surface area contributed by atoms with E-state index in [1.165, 1.54) is 4.90 Å². The molecular formula is C25H34F2N2O4S. The van der Waals surface area contributed by atoms with Gasteiger partial charge in [-0.05, 0) is 55.1 Å². The number of amides is 1. The lowest BCUT2D eigenvalue weighted by Crippen LogP contribution is -2.63. The van der Waals surface area contributed by atoms with Crippen molar-refractivity contribution in [2.45, 2.75) is 82.8 Å². The van der Waals surface area contributed by atoms with Crippen molar-refractivity contribution in [3.05, 3.63) is 30.3 Å². The molecule has 1 saturated carbocycles. The van der Waals surface area contributed by atoms with Crippen LogP contribution in [-0.2, 0) is 9.53 Å². The molecule has 1 aromatic carbocycles. The van der Waals surface area contributed by atoms with Gasteiger partial charge in [-0.25, -0.2) is 0 Å². The highest BCUT2D eigenvalue weighted by molar-refractivity contribution is 7.99. The summed E-state index contributed by atoms with van der Waals surface area (Å²) in [7, 11) is 0. The largest absolute Gasteiger partial charge is 0.484 e. The SMILES string of the molecule is CC1(C)CC(C)(C)CC(O)(C(F)(F)C(=O)N2CCC[C@H]2C2OC(COc3ccccc3)=NS2)C1. The van der Waals surface area contributed by atoms with Gasteiger partial charge in [-0.2, -0.15) is 13.2 Å². The summed E-state index contributed by atoms with van der Waals surface area (Å²) in [5, 5.41) is 11.2. The molecule has 0 bridgehead atoms. The molecule has 1 unspecified atom stereocenters. The Hall–Kier alpha value is -1.87. The van der Waals surface area contributed by atoms with Crippen molar-refractivity contribution < 1.29 is 28.2 Å². The van der Waals surface area contributed by atoms with E-state index in [1.807, 2.05) is 58.0 Å². The normalized spacial score (nSPS) is 27.7. The lowest BCUT2D eigenvalue weighted by atomic mass is 9.58. The molecule has 4 rings (SSSR count). The zero-order valence-corrected chi connectivity index (χ0v) is 21.0. The van der Waals surface area contributed by atoms with Gasteiger partial charge in [-0.3, -0.25) is 4.79 Å². The second-order valence-electron chi connectivity index (χ2n) is 11.4. The van der Waals surface area contributed by atoms with E-state index in [2.05, 4.69) is 4.40 Å². The van der Waals surface area contributed by atoms with Crippen molar-refractivity contribution in [1.82, 2.24) is 4.90 Å². The summed E-state index contributed by atoms with van der Waals surface area (Å²) in [6.45, 7) is 7.82. The second kappa shape index (κ2) is 8.97. The first-order valence-corrected chi connectivity index (χ1v) is 12.6. The first-order chi connectivity index (χ1) is 15.8. The minimum atomic E-state index is -3.89. The molecule has 1 N–H and O–H groups in total. The van der Waals surface area contributed by atoms with Gasteiger partial charge in [0.05, 0.1) is 6.04 Å². The van der Waals surface area contributed by atoms with Crippen LogP contribution in [0.3, 0.4) is 0 Å². The van der Waals surface area contributed by atoms with Crippen molar-refractivity contribution in [2.24, 2.45) is 15.2 Å². The minimum Gasteiger partial charge on any atom is -0.484 e. The first kappa shape index (κ1) is 25.2. The molecule has 9 heteroatoms. The Morgan fingerprint density at radius 3 is 2.50 bits per heavy atom. The summed E-state index contributed by atoms with van der Waals surface area (Å²) in [6.07, 6.45) is 1.59. The van der Waals surface area contributed by atoms with Gasteiger partial charge in [0.1, 0.15) is 11.4 Å². The highest BCUT2D eigenvalue weighted by Gasteiger charge is 2.65. The zero-order chi connectivity index (χ0) is 24.8. The molecule has 2 atom stereocenters. The van der Waals surface area contributed by atoms with E-state index in [0.717, 1.165) is 11.9 Å². The molecule has 1 aromatic rings. The molecule has 34 heavy (non-hydrogen) atoms. The van der Waals surface area contributed by atoms with Gasteiger partial charge in [-0.1, -0.05) is 45.9 Å². The van der Waals surface area contributed by atoms with Crippen LogP contribution in [0, 0.1) is 10.8 Å². The Bertz CT molecular complexity index is 922. The number of likely N-dealkylation sites (tertiary alicyclic amines) is 1. The third-order valence-corrected chi connectivity index (χ3v) is 7.77. The van der Waals surface area contributed by atoms with Crippen molar-refractivity contribution in [2.75, 3.05) is 13.2 Å². The van der Waals surface area contributed by atoms with E-state index in [0.29, 0.717) is 30.9 Å². The molecule has 0 radical (unpaired) electrons. The highest BCUT2D eigenvalue weighted by atomic mass is 32.2. The van der Waals surface area contributed by atoms with Crippen LogP contribution in [0.4, 0.5) is 8.78 Å². The van der Waals surface area contributed by atoms with Gasteiger partial charge in [0.2, 0.25) is 5.90 Å². The number of carbonyl (C=O) groups is 1. The van der Waals surface area contributed by atoms with Crippen LogP contribution in [0.15, 0.2) is 34.7 Å². The lowest BCUT2D eigenvalue weighted by molar-refractivity contribution is -0.231. The number of para-hydroxylation sites is 1. The molecule has 2 fully saturated rings. The van der Waals surface area contributed by atoms with Crippen molar-refractivity contribution >= 4 is 23.8 Å². The summed E-state index contributed by atoms with van der Waals surface area (Å²) in [5.74, 6) is -4.18. The third-order valence-electron chi connectivity index (χ3n) is 6.84. The monoisotopic (exact) mass is 496 g/mol. The molecule has 6 nitrogen and oxygen atoms in total. The summed E-state index contributed by atoms with van der Waals surface area (Å²) in [5.41, 5.74) is -3.98. The Labute approximate surface area is 204 Å². The molecule has 0 spiro atoms. The van der Waals surface area contributed by atoms with E-state index in [1.54, 1.807) is 0 Å². The summed E-state index contributed by atoms with van der Waals surface area (Å²) in [6, 6.07) is 8.69. The molecule has 2 aliphatic heterocycles. The maximum atomic E-state index is 15.7. The minimum absolute atomic E-state index is 0.119. The van der Waals surface area contributed by atoms with E-state index in [4.69, 9.17) is 9.47 Å². The van der Waals surface area contributed by atoms with Gasteiger partial charge in [0.25, 0.3) is 5.91 Å². The number of alkyl halides is 2. The van der Waals surface area contributed by atoms with E-state index in [9.17, 15) is 9.90 Å². The van der Waals surface area contributed by atoms with Crippen molar-refractivity contribution in [3.8, 4) is 5.75 Å². The Balaban J connectivity index is 1.43. The Morgan fingerprint density at radius 1 is 1.21 bits per heavy atom. The van der Waals surface area contributed by atoms with E-state index >= 15 is 8.78 Å². The fourth-order valence-corrected chi connectivity index (χ4v) is 7.05. The number of ether oxygens (including phenoxy) is 2. The quantitative estimate of drug-likeness (QED) is 0.558. The summed E-state index contributed by atoms with van der Waals surface area (Å²) in [4.78, 5) is 14.4. The zero-order valence-electron chi connectivity index (χ0n) is 20.2. The summed E-state index contributed by atoms with van der Waals surface area (Å²) >= 11 is 1.13. The topological polar surface area (TPSA) is 71.4 Å². The fraction of sp³-hybridized carbons (Fsp3) is 0.680. The molecule has 2 heterocycles. The number of nitrogens with zero attached hydrogens (tertiary/aromatic N) is 2. The molecule has 3 aliphatic rings. The van der Waals surface area contributed by atoms with E-state index < -0.39 is 39.7 Å². The van der Waals surface area contributed by atoms with Crippen molar-refractivity contribution in [1.29, 1.82) is 0 Å². The smallest absolute Gasteiger partial charge is 0.352 e. The third kappa shape index (κ3) is 5.05. The van der Waals surface area contributed by atoms with Crippen LogP contribution >= 0.6 is 11.9 Å². The molecule has 1 amide bonds. The predicted octanol–water partition coefficient (Wildman–Crippen LogP) is 5.06.